The molecule has 0 radical (unpaired) electrons. The first-order valence-corrected chi connectivity index (χ1v) is 20.8. The Hall–Kier alpha value is -4.67. The van der Waals surface area contributed by atoms with Crippen LogP contribution in [0.5, 0.6) is 0 Å². The molecule has 7 aromatic rings. The molecule has 2 saturated heterocycles. The summed E-state index contributed by atoms with van der Waals surface area (Å²) in [7, 11) is -3.82. The summed E-state index contributed by atoms with van der Waals surface area (Å²) in [5.74, 6) is 1.86. The largest absolute Gasteiger partial charge is 0.392 e. The van der Waals surface area contributed by atoms with Crippen LogP contribution in [0.15, 0.2) is 72.1 Å². The number of aryl methyl sites for hydroxylation is 2. The van der Waals surface area contributed by atoms with E-state index in [1.54, 1.807) is 42.7 Å². The number of fused-ring (bicyclic) bond motifs is 6. The third kappa shape index (κ3) is 6.31. The molecule has 8 heterocycles. The fourth-order valence-electron chi connectivity index (χ4n) is 9.40. The number of benzene rings is 1. The molecule has 2 aliphatic rings. The number of pyridine rings is 2. The van der Waals surface area contributed by atoms with Crippen LogP contribution in [0.1, 0.15) is 62.8 Å². The van der Waals surface area contributed by atoms with Crippen molar-refractivity contribution in [2.45, 2.75) is 88.1 Å². The molecule has 6 aromatic heterocycles. The van der Waals surface area contributed by atoms with Crippen LogP contribution in [0.25, 0.3) is 44.1 Å². The number of aliphatic hydroxyl groups is 2. The van der Waals surface area contributed by atoms with Gasteiger partial charge < -0.3 is 29.2 Å². The van der Waals surface area contributed by atoms with Gasteiger partial charge in [0.25, 0.3) is 10.0 Å². The average Bonchev–Trinajstić information content (AvgIpc) is 3.98. The Morgan fingerprint density at radius 1 is 0.818 bits per heavy atom. The summed E-state index contributed by atoms with van der Waals surface area (Å²) in [5.41, 5.74) is 4.94. The Morgan fingerprint density at radius 3 is 2.09 bits per heavy atom. The minimum Gasteiger partial charge on any atom is -0.392 e. The summed E-state index contributed by atoms with van der Waals surface area (Å²) in [6, 6.07) is 12.6. The lowest BCUT2D eigenvalue weighted by Gasteiger charge is -2.41. The van der Waals surface area contributed by atoms with E-state index in [9.17, 15) is 18.6 Å². The first kappa shape index (κ1) is 36.0. The van der Waals surface area contributed by atoms with Crippen molar-refractivity contribution < 1.29 is 18.6 Å². The van der Waals surface area contributed by atoms with Crippen molar-refractivity contribution in [2.75, 3.05) is 32.7 Å². The first-order valence-electron chi connectivity index (χ1n) is 19.4. The van der Waals surface area contributed by atoms with Crippen LogP contribution in [0.3, 0.4) is 0 Å². The molecule has 0 amide bonds. The van der Waals surface area contributed by atoms with Gasteiger partial charge in [-0.05, 0) is 77.1 Å². The molecule has 2 aliphatic heterocycles. The van der Waals surface area contributed by atoms with E-state index >= 15 is 0 Å². The van der Waals surface area contributed by atoms with Crippen molar-refractivity contribution in [2.24, 2.45) is 0 Å². The zero-order valence-electron chi connectivity index (χ0n) is 31.5. The Labute approximate surface area is 319 Å². The van der Waals surface area contributed by atoms with Gasteiger partial charge in [0.05, 0.1) is 40.5 Å². The highest BCUT2D eigenvalue weighted by molar-refractivity contribution is 7.90. The van der Waals surface area contributed by atoms with E-state index in [2.05, 4.69) is 46.9 Å². The summed E-state index contributed by atoms with van der Waals surface area (Å²) in [4.78, 5) is 26.9. The molecule has 9 rings (SSSR count). The number of aromatic amines is 1. The summed E-state index contributed by atoms with van der Waals surface area (Å²) in [5, 5.41) is 24.2. The van der Waals surface area contributed by atoms with E-state index in [1.807, 2.05) is 32.3 Å². The lowest BCUT2D eigenvalue weighted by Crippen LogP contribution is -2.49. The number of β-amino-alcohol motifs (C(OH)–C–C–N with tert-alkyl or cyclic N) is 1. The standard InChI is InChI=1S/C40H48N10O4S/c1-25(51)36(47-18-12-29(13-19-47)49-26(2)44-34-22-42-39-32(37(34)49)9-15-41-39)21-30(52)24-46-16-10-28(11-17-46)50-27(3)45-35-23-43-40-33(38(35)50)14-20-48(40)55(53,54)31-7-5-4-6-8-31/h4-9,14-15,20,22-23,25,28-30,36,51-52H,10-13,16-19,21,24H2,1-3H3,(H,41,42). The fourth-order valence-corrected chi connectivity index (χ4v) is 10.7. The fraction of sp³-hybridized carbons (Fsp3) is 0.450. The maximum absolute atomic E-state index is 13.5. The molecular formula is C40H48N10O4S. The van der Waals surface area contributed by atoms with Crippen LogP contribution >= 0.6 is 0 Å². The number of nitrogens with one attached hydrogen (secondary N) is 1. The minimum absolute atomic E-state index is 0.135. The van der Waals surface area contributed by atoms with E-state index < -0.39 is 22.2 Å². The minimum atomic E-state index is -3.82. The lowest BCUT2D eigenvalue weighted by molar-refractivity contribution is -0.000607. The van der Waals surface area contributed by atoms with Crippen LogP contribution in [0, 0.1) is 13.8 Å². The smallest absolute Gasteiger partial charge is 0.269 e. The third-order valence-electron chi connectivity index (χ3n) is 12.0. The van der Waals surface area contributed by atoms with Gasteiger partial charge in [-0.3, -0.25) is 4.90 Å². The van der Waals surface area contributed by atoms with Crippen molar-refractivity contribution in [3.8, 4) is 0 Å². The van der Waals surface area contributed by atoms with Gasteiger partial charge in [-0.25, -0.2) is 32.3 Å². The second-order valence-electron chi connectivity index (χ2n) is 15.4. The number of piperidine rings is 2. The third-order valence-corrected chi connectivity index (χ3v) is 13.7. The van der Waals surface area contributed by atoms with Gasteiger partial charge >= 0.3 is 0 Å². The van der Waals surface area contributed by atoms with Crippen molar-refractivity contribution >= 4 is 54.2 Å². The average molecular weight is 765 g/mol. The SMILES string of the molecule is Cc1nc2cnc3[nH]ccc3c2n1C1CCN(C(CC(O)CN2CCC(n3c(C)nc4cnc5c(ccn5S(=O)(=O)c5ccccc5)c43)CC2)C(C)O)CC1. The van der Waals surface area contributed by atoms with E-state index in [-0.39, 0.29) is 17.0 Å². The number of hydrogen-bond acceptors (Lipinski definition) is 10. The molecule has 3 N–H and O–H groups in total. The van der Waals surface area contributed by atoms with Crippen molar-refractivity contribution in [1.82, 2.24) is 47.8 Å². The molecule has 0 aliphatic carbocycles. The van der Waals surface area contributed by atoms with Crippen molar-refractivity contribution in [1.29, 1.82) is 0 Å². The molecule has 1 aromatic carbocycles. The highest BCUT2D eigenvalue weighted by Gasteiger charge is 2.33. The topological polar surface area (TPSA) is 163 Å². The molecule has 0 saturated carbocycles. The predicted octanol–water partition coefficient (Wildman–Crippen LogP) is 4.94. The van der Waals surface area contributed by atoms with E-state index in [0.717, 1.165) is 102 Å². The highest BCUT2D eigenvalue weighted by atomic mass is 32.2. The molecule has 2 fully saturated rings. The van der Waals surface area contributed by atoms with Crippen molar-refractivity contribution in [3.05, 3.63) is 78.9 Å². The number of aromatic nitrogens is 8. The van der Waals surface area contributed by atoms with Gasteiger partial charge in [0.1, 0.15) is 28.3 Å². The molecule has 14 nitrogen and oxygen atoms in total. The number of H-pyrrole nitrogens is 1. The van der Waals surface area contributed by atoms with Gasteiger partial charge in [0, 0.05) is 74.0 Å². The number of hydrogen-bond donors (Lipinski definition) is 3. The molecule has 0 bridgehead atoms. The van der Waals surface area contributed by atoms with Gasteiger partial charge in [-0.15, -0.1) is 0 Å². The second-order valence-corrected chi connectivity index (χ2v) is 17.3. The number of nitrogens with zero attached hydrogens (tertiary/aromatic N) is 9. The Balaban J connectivity index is 0.848. The molecular weight excluding hydrogens is 717 g/mol. The number of aliphatic hydroxyl groups excluding tert-OH is 2. The van der Waals surface area contributed by atoms with E-state index in [0.29, 0.717) is 24.7 Å². The quantitative estimate of drug-likeness (QED) is 0.174. The zero-order valence-corrected chi connectivity index (χ0v) is 32.3. The second kappa shape index (κ2) is 14.1. The molecule has 3 atom stereocenters. The summed E-state index contributed by atoms with van der Waals surface area (Å²) < 4.78 is 33.0. The predicted molar refractivity (Wildman–Crippen MR) is 212 cm³/mol. The van der Waals surface area contributed by atoms with Gasteiger partial charge in [-0.2, -0.15) is 0 Å². The number of rotatable bonds is 10. The van der Waals surface area contributed by atoms with Gasteiger partial charge in [0.15, 0.2) is 5.65 Å². The molecule has 15 heteroatoms. The first-order chi connectivity index (χ1) is 26.6. The highest BCUT2D eigenvalue weighted by Crippen LogP contribution is 2.35. The van der Waals surface area contributed by atoms with Crippen LogP contribution in [0.4, 0.5) is 0 Å². The van der Waals surface area contributed by atoms with Crippen molar-refractivity contribution in [3.63, 3.8) is 0 Å². The monoisotopic (exact) mass is 764 g/mol. The zero-order chi connectivity index (χ0) is 38.0. The molecule has 55 heavy (non-hydrogen) atoms. The van der Waals surface area contributed by atoms with Crippen LogP contribution in [0.2, 0.25) is 0 Å². The van der Waals surface area contributed by atoms with Gasteiger partial charge in [-0.1, -0.05) is 18.2 Å². The van der Waals surface area contributed by atoms with Gasteiger partial charge in [0.2, 0.25) is 0 Å². The normalized spacial score (nSPS) is 18.9. The maximum atomic E-state index is 13.5. The van der Waals surface area contributed by atoms with E-state index in [4.69, 9.17) is 9.97 Å². The van der Waals surface area contributed by atoms with E-state index in [1.165, 1.54) is 3.97 Å². The van der Waals surface area contributed by atoms with Crippen LogP contribution < -0.4 is 0 Å². The molecule has 288 valence electrons. The Kier molecular flexibility index (Phi) is 9.24. The summed E-state index contributed by atoms with van der Waals surface area (Å²) in [6.45, 7) is 9.74. The summed E-state index contributed by atoms with van der Waals surface area (Å²) >= 11 is 0. The Morgan fingerprint density at radius 2 is 1.44 bits per heavy atom. The molecule has 3 unspecified atom stereocenters. The van der Waals surface area contributed by atoms with Crippen LogP contribution in [-0.4, -0.2) is 117 Å². The van der Waals surface area contributed by atoms with Crippen LogP contribution in [-0.2, 0) is 10.0 Å². The number of likely N-dealkylation sites (tertiary alicyclic amines) is 2. The lowest BCUT2D eigenvalue weighted by atomic mass is 9.96. The summed E-state index contributed by atoms with van der Waals surface area (Å²) in [6.07, 6.45) is 9.99. The number of imidazole rings is 2. The molecule has 0 spiro atoms. The Bertz CT molecular complexity index is 2590. The maximum Gasteiger partial charge on any atom is 0.269 e.